The number of carbonyl (C=O) groups is 2. The fourth-order valence-corrected chi connectivity index (χ4v) is 3.12. The quantitative estimate of drug-likeness (QED) is 0.676. The molecule has 150 valence electrons. The van der Waals surface area contributed by atoms with E-state index in [-0.39, 0.29) is 17.1 Å². The summed E-state index contributed by atoms with van der Waals surface area (Å²) in [5, 5.41) is 0. The topological polar surface area (TPSA) is 105 Å². The number of rotatable bonds is 7. The van der Waals surface area contributed by atoms with Gasteiger partial charge < -0.3 is 4.74 Å². The van der Waals surface area contributed by atoms with Crippen molar-refractivity contribution in [2.45, 2.75) is 24.5 Å². The lowest BCUT2D eigenvalue weighted by molar-refractivity contribution is -0.133. The number of sulfonamides is 1. The Kier molecular flexibility index (Phi) is 7.27. The van der Waals surface area contributed by atoms with E-state index in [2.05, 4.69) is 10.9 Å². The third kappa shape index (κ3) is 5.62. The van der Waals surface area contributed by atoms with Crippen LogP contribution in [0.1, 0.15) is 22.8 Å². The van der Waals surface area contributed by atoms with Crippen LogP contribution in [0, 0.1) is 0 Å². The maximum Gasteiger partial charge on any atom is 0.269 e. The molecule has 28 heavy (non-hydrogen) atoms. The summed E-state index contributed by atoms with van der Waals surface area (Å²) >= 11 is 0. The highest BCUT2D eigenvalue weighted by Crippen LogP contribution is 2.14. The van der Waals surface area contributed by atoms with Crippen LogP contribution in [0.2, 0.25) is 0 Å². The molecule has 0 saturated carbocycles. The van der Waals surface area contributed by atoms with Crippen molar-refractivity contribution in [3.8, 4) is 0 Å². The summed E-state index contributed by atoms with van der Waals surface area (Å²) < 4.78 is 30.8. The minimum absolute atomic E-state index is 0.0176. The molecule has 1 atom stereocenters. The number of amides is 2. The molecule has 0 aliphatic heterocycles. The molecule has 0 heterocycles. The lowest BCUT2D eigenvalue weighted by Gasteiger charge is -2.15. The van der Waals surface area contributed by atoms with Crippen molar-refractivity contribution >= 4 is 21.8 Å². The summed E-state index contributed by atoms with van der Waals surface area (Å²) in [6.45, 7) is 1.82. The summed E-state index contributed by atoms with van der Waals surface area (Å²) in [4.78, 5) is 24.3. The molecule has 8 nitrogen and oxygen atoms in total. The van der Waals surface area contributed by atoms with Crippen LogP contribution in [-0.4, -0.2) is 44.7 Å². The average molecular weight is 405 g/mol. The molecule has 0 fully saturated rings. The smallest absolute Gasteiger partial charge is 0.269 e. The first kappa shape index (κ1) is 21.5. The molecule has 0 aromatic heterocycles. The van der Waals surface area contributed by atoms with E-state index in [1.807, 2.05) is 30.3 Å². The van der Waals surface area contributed by atoms with Gasteiger partial charge in [-0.05, 0) is 30.7 Å². The number of nitrogens with one attached hydrogen (secondary N) is 2. The molecule has 2 aromatic rings. The SMILES string of the molecule is CC(OCc1ccccc1)C(=O)NNC(=O)c1cccc(S(=O)(=O)N(C)C)c1. The van der Waals surface area contributed by atoms with Crippen molar-refractivity contribution in [1.82, 2.24) is 15.2 Å². The molecular weight excluding hydrogens is 382 g/mol. The predicted octanol–water partition coefficient (Wildman–Crippen LogP) is 1.30. The van der Waals surface area contributed by atoms with Gasteiger partial charge in [0.05, 0.1) is 11.5 Å². The molecule has 1 unspecified atom stereocenters. The Balaban J connectivity index is 1.92. The first-order chi connectivity index (χ1) is 13.2. The molecule has 0 radical (unpaired) electrons. The number of ether oxygens (including phenoxy) is 1. The van der Waals surface area contributed by atoms with E-state index in [1.54, 1.807) is 6.92 Å². The Morgan fingerprint density at radius 1 is 1.04 bits per heavy atom. The largest absolute Gasteiger partial charge is 0.364 e. The molecule has 0 bridgehead atoms. The lowest BCUT2D eigenvalue weighted by atomic mass is 10.2. The molecule has 0 spiro atoms. The van der Waals surface area contributed by atoms with Crippen molar-refractivity contribution in [2.24, 2.45) is 0 Å². The number of benzene rings is 2. The zero-order chi connectivity index (χ0) is 20.7. The minimum atomic E-state index is -3.67. The highest BCUT2D eigenvalue weighted by molar-refractivity contribution is 7.89. The van der Waals surface area contributed by atoms with Crippen molar-refractivity contribution in [1.29, 1.82) is 0 Å². The lowest BCUT2D eigenvalue weighted by Crippen LogP contribution is -2.46. The summed E-state index contributed by atoms with van der Waals surface area (Å²) in [5.41, 5.74) is 5.55. The van der Waals surface area contributed by atoms with Gasteiger partial charge in [-0.3, -0.25) is 20.4 Å². The molecule has 2 aromatic carbocycles. The van der Waals surface area contributed by atoms with Gasteiger partial charge >= 0.3 is 0 Å². The van der Waals surface area contributed by atoms with E-state index in [0.717, 1.165) is 9.87 Å². The first-order valence-electron chi connectivity index (χ1n) is 8.50. The third-order valence-electron chi connectivity index (χ3n) is 3.89. The van der Waals surface area contributed by atoms with Gasteiger partial charge in [-0.15, -0.1) is 0 Å². The van der Waals surface area contributed by atoms with Crippen LogP contribution in [0.4, 0.5) is 0 Å². The molecule has 0 aliphatic rings. The minimum Gasteiger partial charge on any atom is -0.364 e. The van der Waals surface area contributed by atoms with Crippen LogP contribution in [0.15, 0.2) is 59.5 Å². The highest BCUT2D eigenvalue weighted by atomic mass is 32.2. The molecule has 9 heteroatoms. The van der Waals surface area contributed by atoms with Crippen LogP contribution in [0.5, 0.6) is 0 Å². The van der Waals surface area contributed by atoms with Crippen molar-refractivity contribution in [2.75, 3.05) is 14.1 Å². The highest BCUT2D eigenvalue weighted by Gasteiger charge is 2.19. The van der Waals surface area contributed by atoms with E-state index < -0.39 is 27.9 Å². The van der Waals surface area contributed by atoms with Crippen molar-refractivity contribution in [3.63, 3.8) is 0 Å². The fourth-order valence-electron chi connectivity index (χ4n) is 2.17. The fraction of sp³-hybridized carbons (Fsp3) is 0.263. The van der Waals surface area contributed by atoms with Gasteiger partial charge in [0.15, 0.2) is 0 Å². The van der Waals surface area contributed by atoms with Gasteiger partial charge in [-0.1, -0.05) is 36.4 Å². The maximum absolute atomic E-state index is 12.2. The molecule has 2 amide bonds. The van der Waals surface area contributed by atoms with Gasteiger partial charge in [0.25, 0.3) is 11.8 Å². The van der Waals surface area contributed by atoms with Crippen LogP contribution < -0.4 is 10.9 Å². The van der Waals surface area contributed by atoms with Gasteiger partial charge in [0.1, 0.15) is 6.10 Å². The molecule has 0 aliphatic carbocycles. The second-order valence-electron chi connectivity index (χ2n) is 6.20. The summed E-state index contributed by atoms with van der Waals surface area (Å²) in [5.74, 6) is -1.17. The van der Waals surface area contributed by atoms with E-state index in [0.29, 0.717) is 0 Å². The second-order valence-corrected chi connectivity index (χ2v) is 8.35. The van der Waals surface area contributed by atoms with Crippen LogP contribution in [-0.2, 0) is 26.2 Å². The zero-order valence-corrected chi connectivity index (χ0v) is 16.7. The third-order valence-corrected chi connectivity index (χ3v) is 5.70. The zero-order valence-electron chi connectivity index (χ0n) is 15.9. The number of carbonyl (C=O) groups excluding carboxylic acids is 2. The van der Waals surface area contributed by atoms with Crippen molar-refractivity contribution in [3.05, 3.63) is 65.7 Å². The Labute approximate surface area is 164 Å². The Bertz CT molecular complexity index is 930. The van der Waals surface area contributed by atoms with Gasteiger partial charge in [0, 0.05) is 19.7 Å². The van der Waals surface area contributed by atoms with Crippen LogP contribution in [0.25, 0.3) is 0 Å². The van der Waals surface area contributed by atoms with Gasteiger partial charge in [-0.2, -0.15) is 0 Å². The van der Waals surface area contributed by atoms with E-state index in [9.17, 15) is 18.0 Å². The molecular formula is C19H23N3O5S. The number of nitrogens with zero attached hydrogens (tertiary/aromatic N) is 1. The van der Waals surface area contributed by atoms with E-state index in [1.165, 1.54) is 38.4 Å². The Morgan fingerprint density at radius 3 is 2.36 bits per heavy atom. The molecule has 2 N–H and O–H groups in total. The number of hydrogen-bond donors (Lipinski definition) is 2. The Hall–Kier alpha value is -2.75. The normalized spacial score (nSPS) is 12.4. The first-order valence-corrected chi connectivity index (χ1v) is 9.94. The maximum atomic E-state index is 12.2. The number of hydrazine groups is 1. The van der Waals surface area contributed by atoms with E-state index in [4.69, 9.17) is 4.74 Å². The van der Waals surface area contributed by atoms with Gasteiger partial charge in [0.2, 0.25) is 10.0 Å². The standard InChI is InChI=1S/C19H23N3O5S/c1-14(27-13-15-8-5-4-6-9-15)18(23)20-21-19(24)16-10-7-11-17(12-16)28(25,26)22(2)3/h4-12,14H,13H2,1-3H3,(H,20,23)(H,21,24). The summed E-state index contributed by atoms with van der Waals surface area (Å²) in [7, 11) is -0.862. The monoisotopic (exact) mass is 405 g/mol. The summed E-state index contributed by atoms with van der Waals surface area (Å²) in [6, 6.07) is 14.9. The second kappa shape index (κ2) is 9.45. The summed E-state index contributed by atoms with van der Waals surface area (Å²) in [6.07, 6.45) is -0.791. The van der Waals surface area contributed by atoms with Crippen molar-refractivity contribution < 1.29 is 22.7 Å². The van der Waals surface area contributed by atoms with E-state index >= 15 is 0 Å². The number of hydrogen-bond acceptors (Lipinski definition) is 5. The average Bonchev–Trinajstić information content (AvgIpc) is 2.70. The van der Waals surface area contributed by atoms with Crippen LogP contribution >= 0.6 is 0 Å². The van der Waals surface area contributed by atoms with Crippen LogP contribution in [0.3, 0.4) is 0 Å². The molecule has 2 rings (SSSR count). The molecule has 0 saturated heterocycles. The predicted molar refractivity (Wildman–Crippen MR) is 104 cm³/mol. The Morgan fingerprint density at radius 2 is 1.71 bits per heavy atom. The van der Waals surface area contributed by atoms with Gasteiger partial charge in [-0.25, -0.2) is 12.7 Å².